The molecule has 1 N–H and O–H groups in total. The third-order valence-electron chi connectivity index (χ3n) is 4.24. The van der Waals surface area contributed by atoms with Crippen LogP contribution >= 0.6 is 0 Å². The van der Waals surface area contributed by atoms with Gasteiger partial charge < -0.3 is 14.6 Å². The second-order valence-corrected chi connectivity index (χ2v) is 6.07. The van der Waals surface area contributed by atoms with Crippen LogP contribution in [0.2, 0.25) is 0 Å². The van der Waals surface area contributed by atoms with Crippen LogP contribution < -0.4 is 0 Å². The molecule has 2 aromatic carbocycles. The van der Waals surface area contributed by atoms with E-state index in [2.05, 4.69) is 4.74 Å². The van der Waals surface area contributed by atoms with E-state index in [-0.39, 0.29) is 12.7 Å². The van der Waals surface area contributed by atoms with Gasteiger partial charge in [0.15, 0.2) is 6.10 Å². The van der Waals surface area contributed by atoms with E-state index in [1.54, 1.807) is 30.3 Å². The summed E-state index contributed by atoms with van der Waals surface area (Å²) in [4.78, 5) is 0. The summed E-state index contributed by atoms with van der Waals surface area (Å²) in [5, 5.41) is 10.1. The van der Waals surface area contributed by atoms with Crippen molar-refractivity contribution in [1.29, 1.82) is 0 Å². The molecule has 0 bridgehead atoms. The third kappa shape index (κ3) is 3.19. The summed E-state index contributed by atoms with van der Waals surface area (Å²) < 4.78 is 93.3. The normalized spacial score (nSPS) is 26.3. The number of alkyl halides is 4. The molecular formula is C18H14F6O3. The highest BCUT2D eigenvalue weighted by atomic mass is 19.3. The number of hydrogen-bond donors (Lipinski definition) is 1. The van der Waals surface area contributed by atoms with Gasteiger partial charge >= 0.3 is 11.8 Å². The Morgan fingerprint density at radius 1 is 1.00 bits per heavy atom. The van der Waals surface area contributed by atoms with Crippen LogP contribution in [0, 0.1) is 11.6 Å². The van der Waals surface area contributed by atoms with Gasteiger partial charge in [-0.15, -0.1) is 0 Å². The fraction of sp³-hybridized carbons (Fsp3) is 0.333. The van der Waals surface area contributed by atoms with Crippen molar-refractivity contribution in [3.63, 3.8) is 0 Å². The Morgan fingerprint density at radius 3 is 2.30 bits per heavy atom. The first-order valence-corrected chi connectivity index (χ1v) is 7.82. The topological polar surface area (TPSA) is 38.7 Å². The largest absolute Gasteiger partial charge is 0.374 e. The van der Waals surface area contributed by atoms with E-state index in [4.69, 9.17) is 4.74 Å². The Hall–Kier alpha value is -2.10. The maximum atomic E-state index is 14.3. The predicted octanol–water partition coefficient (Wildman–Crippen LogP) is 4.00. The van der Waals surface area contributed by atoms with E-state index in [1.807, 2.05) is 0 Å². The first-order chi connectivity index (χ1) is 12.6. The third-order valence-corrected chi connectivity index (χ3v) is 4.24. The molecule has 1 aliphatic rings. The summed E-state index contributed by atoms with van der Waals surface area (Å²) in [7, 11) is 0. The van der Waals surface area contributed by atoms with E-state index in [0.29, 0.717) is 17.7 Å². The van der Waals surface area contributed by atoms with E-state index in [1.165, 1.54) is 0 Å². The zero-order valence-corrected chi connectivity index (χ0v) is 13.6. The smallest absolute Gasteiger partial charge is 0.369 e. The van der Waals surface area contributed by atoms with Crippen molar-refractivity contribution >= 4 is 0 Å². The average Bonchev–Trinajstić information content (AvgIpc) is 2.73. The van der Waals surface area contributed by atoms with Gasteiger partial charge in [-0.3, -0.25) is 0 Å². The van der Waals surface area contributed by atoms with Gasteiger partial charge in [0.25, 0.3) is 5.79 Å². The van der Waals surface area contributed by atoms with Crippen molar-refractivity contribution in [2.24, 2.45) is 0 Å². The maximum Gasteiger partial charge on any atom is 0.369 e. The van der Waals surface area contributed by atoms with Crippen molar-refractivity contribution in [3.8, 4) is 0 Å². The molecule has 2 atom stereocenters. The Bertz CT molecular complexity index is 814. The molecule has 3 nitrogen and oxygen atoms in total. The monoisotopic (exact) mass is 392 g/mol. The molecule has 0 spiro atoms. The Labute approximate surface area is 150 Å². The molecule has 9 heteroatoms. The molecule has 0 radical (unpaired) electrons. The minimum Gasteiger partial charge on any atom is -0.374 e. The van der Waals surface area contributed by atoms with Crippen LogP contribution in [-0.2, 0) is 21.9 Å². The highest BCUT2D eigenvalue weighted by molar-refractivity contribution is 5.29. The first-order valence-electron chi connectivity index (χ1n) is 7.82. The maximum absolute atomic E-state index is 14.3. The van der Waals surface area contributed by atoms with Crippen LogP contribution in [-0.4, -0.2) is 29.7 Å². The van der Waals surface area contributed by atoms with Crippen LogP contribution in [0.1, 0.15) is 11.1 Å². The summed E-state index contributed by atoms with van der Waals surface area (Å²) in [6.45, 7) is -1.14. The lowest BCUT2D eigenvalue weighted by molar-refractivity contribution is -0.310. The number of halogens is 6. The molecule has 1 saturated heterocycles. The molecule has 0 aromatic heterocycles. The van der Waals surface area contributed by atoms with Crippen molar-refractivity contribution in [3.05, 3.63) is 71.3 Å². The summed E-state index contributed by atoms with van der Waals surface area (Å²) >= 11 is 0. The summed E-state index contributed by atoms with van der Waals surface area (Å²) in [6.07, 6.45) is -2.55. The first kappa shape index (κ1) is 19.7. The number of benzene rings is 2. The summed E-state index contributed by atoms with van der Waals surface area (Å²) in [6, 6.07) is 9.49. The molecule has 0 amide bonds. The molecule has 1 aliphatic heterocycles. The predicted molar refractivity (Wildman–Crippen MR) is 81.1 cm³/mol. The van der Waals surface area contributed by atoms with Crippen LogP contribution in [0.25, 0.3) is 0 Å². The minimum atomic E-state index is -5.18. The highest BCUT2D eigenvalue weighted by Crippen LogP contribution is 2.57. The van der Waals surface area contributed by atoms with Crippen molar-refractivity contribution < 1.29 is 40.9 Å². The molecule has 0 saturated carbocycles. The number of aliphatic hydroxyl groups is 1. The molecule has 1 fully saturated rings. The van der Waals surface area contributed by atoms with Crippen molar-refractivity contribution in [2.45, 2.75) is 30.3 Å². The van der Waals surface area contributed by atoms with Gasteiger partial charge in [0.2, 0.25) is 0 Å². The molecular weight excluding hydrogens is 378 g/mol. The quantitative estimate of drug-likeness (QED) is 0.782. The van der Waals surface area contributed by atoms with Crippen molar-refractivity contribution in [1.82, 2.24) is 0 Å². The molecule has 3 rings (SSSR count). The minimum absolute atomic E-state index is 0.161. The zero-order chi connectivity index (χ0) is 19.9. The molecule has 146 valence electrons. The van der Waals surface area contributed by atoms with E-state index >= 15 is 0 Å². The van der Waals surface area contributed by atoms with Gasteiger partial charge in [-0.1, -0.05) is 30.3 Å². The molecule has 27 heavy (non-hydrogen) atoms. The van der Waals surface area contributed by atoms with Gasteiger partial charge in [-0.25, -0.2) is 8.78 Å². The Kier molecular flexibility index (Phi) is 4.96. The van der Waals surface area contributed by atoms with Gasteiger partial charge in [0, 0.05) is 6.07 Å². The van der Waals surface area contributed by atoms with Gasteiger partial charge in [0.1, 0.15) is 11.6 Å². The summed E-state index contributed by atoms with van der Waals surface area (Å²) in [5.74, 6) is -16.8. The number of ether oxygens (including phenoxy) is 2. The van der Waals surface area contributed by atoms with E-state index in [0.717, 1.165) is 0 Å². The van der Waals surface area contributed by atoms with Crippen LogP contribution in [0.4, 0.5) is 26.3 Å². The molecule has 1 heterocycles. The number of rotatable bonds is 5. The molecule has 0 aliphatic carbocycles. The highest BCUT2D eigenvalue weighted by Gasteiger charge is 2.80. The van der Waals surface area contributed by atoms with Gasteiger partial charge in [0.05, 0.1) is 18.8 Å². The van der Waals surface area contributed by atoms with Gasteiger partial charge in [-0.05, 0) is 17.7 Å². The van der Waals surface area contributed by atoms with Crippen LogP contribution in [0.5, 0.6) is 0 Å². The molecule has 2 unspecified atom stereocenters. The fourth-order valence-electron chi connectivity index (χ4n) is 2.78. The fourth-order valence-corrected chi connectivity index (χ4v) is 2.78. The van der Waals surface area contributed by atoms with E-state index < -0.39 is 47.5 Å². The van der Waals surface area contributed by atoms with Crippen LogP contribution in [0.3, 0.4) is 0 Å². The lowest BCUT2D eigenvalue weighted by atomic mass is 9.95. The zero-order valence-electron chi connectivity index (χ0n) is 13.6. The Morgan fingerprint density at radius 2 is 1.67 bits per heavy atom. The Balaban J connectivity index is 1.83. The number of hydrogen-bond acceptors (Lipinski definition) is 3. The summed E-state index contributed by atoms with van der Waals surface area (Å²) in [5.41, 5.74) is -0.690. The molecule has 2 aromatic rings. The second-order valence-electron chi connectivity index (χ2n) is 6.07. The average molecular weight is 392 g/mol. The lowest BCUT2D eigenvalue weighted by Gasteiger charge is -2.29. The lowest BCUT2D eigenvalue weighted by Crippen LogP contribution is -2.52. The van der Waals surface area contributed by atoms with Crippen LogP contribution in [0.15, 0.2) is 48.5 Å². The second kappa shape index (κ2) is 6.81. The SMILES string of the molecule is OC1(c2ccc(F)cc2F)OC(COCc2ccccc2)C(F)(F)C1(F)F. The van der Waals surface area contributed by atoms with Gasteiger partial charge in [-0.2, -0.15) is 17.6 Å². The van der Waals surface area contributed by atoms with Crippen molar-refractivity contribution in [2.75, 3.05) is 6.61 Å². The van der Waals surface area contributed by atoms with E-state index in [9.17, 15) is 31.4 Å². The standard InChI is InChI=1S/C18H14F6O3/c19-12-6-7-13(14(20)8-12)17(25)18(23,24)16(21,22)15(27-17)10-26-9-11-4-2-1-3-5-11/h1-8,15,25H,9-10H2.